The molecule has 37 heavy (non-hydrogen) atoms. The summed E-state index contributed by atoms with van der Waals surface area (Å²) in [6.45, 7) is 2.45. The summed E-state index contributed by atoms with van der Waals surface area (Å²) >= 11 is 0. The molecular weight excluding hydrogens is 489 g/mol. The Morgan fingerprint density at radius 1 is 1.03 bits per heavy atom. The first kappa shape index (κ1) is 24.2. The first-order valence-electron chi connectivity index (χ1n) is 11.4. The van der Waals surface area contributed by atoms with Gasteiger partial charge in [0.05, 0.1) is 11.7 Å². The fourth-order valence-electron chi connectivity index (χ4n) is 4.03. The standard InChI is InChI=1S/C24H21F3N8O2/c25-24(26,27)20-3-1-2-19(31-20)23(37)30-17-4-5-18-16(12-17)14-35(32-18)15-22(36)34-10-8-33(9-11-34)21-13-28-6-7-29-21/h1-7,12-14H,8-11,15H2,(H,30,37). The number of carbonyl (C=O) groups excluding carboxylic acids is 2. The van der Waals surface area contributed by atoms with Crippen molar-refractivity contribution in [3.05, 3.63) is 72.6 Å². The Morgan fingerprint density at radius 2 is 1.84 bits per heavy atom. The molecule has 1 fully saturated rings. The van der Waals surface area contributed by atoms with Crippen molar-refractivity contribution < 1.29 is 22.8 Å². The highest BCUT2D eigenvalue weighted by Crippen LogP contribution is 2.27. The van der Waals surface area contributed by atoms with E-state index in [4.69, 9.17) is 0 Å². The molecule has 0 radical (unpaired) electrons. The van der Waals surface area contributed by atoms with Gasteiger partial charge < -0.3 is 15.1 Å². The summed E-state index contributed by atoms with van der Waals surface area (Å²) in [5, 5.41) is 7.63. The fraction of sp³-hybridized carbons (Fsp3) is 0.250. The number of nitrogens with zero attached hydrogens (tertiary/aromatic N) is 7. The molecule has 1 aliphatic heterocycles. The lowest BCUT2D eigenvalue weighted by molar-refractivity contribution is -0.141. The van der Waals surface area contributed by atoms with Gasteiger partial charge in [-0.3, -0.25) is 19.3 Å². The van der Waals surface area contributed by atoms with Crippen LogP contribution in [0, 0.1) is 0 Å². The number of halogens is 3. The Morgan fingerprint density at radius 3 is 2.57 bits per heavy atom. The third-order valence-corrected chi connectivity index (χ3v) is 5.89. The Labute approximate surface area is 208 Å². The largest absolute Gasteiger partial charge is 0.433 e. The molecule has 3 aromatic heterocycles. The van der Waals surface area contributed by atoms with E-state index < -0.39 is 17.8 Å². The lowest BCUT2D eigenvalue weighted by Crippen LogP contribution is -2.49. The molecule has 0 atom stereocenters. The number of nitrogens with one attached hydrogen (secondary N) is 1. The Bertz CT molecular complexity index is 1430. The van der Waals surface area contributed by atoms with Crippen LogP contribution in [-0.4, -0.2) is 67.6 Å². The molecule has 0 aliphatic carbocycles. The second kappa shape index (κ2) is 9.84. The van der Waals surface area contributed by atoms with Crippen molar-refractivity contribution in [3.8, 4) is 0 Å². The number of rotatable bonds is 5. The van der Waals surface area contributed by atoms with E-state index in [0.29, 0.717) is 42.8 Å². The number of alkyl halides is 3. The molecule has 0 saturated carbocycles. The number of pyridine rings is 1. The number of benzene rings is 1. The topological polar surface area (TPSA) is 109 Å². The number of hydrogen-bond donors (Lipinski definition) is 1. The third kappa shape index (κ3) is 5.50. The number of amides is 2. The molecule has 1 aromatic carbocycles. The predicted molar refractivity (Wildman–Crippen MR) is 128 cm³/mol. The average Bonchev–Trinajstić information content (AvgIpc) is 3.30. The number of carbonyl (C=O) groups is 2. The normalized spacial score (nSPS) is 14.1. The lowest BCUT2D eigenvalue weighted by Gasteiger charge is -2.35. The summed E-state index contributed by atoms with van der Waals surface area (Å²) in [5.74, 6) is -0.0657. The summed E-state index contributed by atoms with van der Waals surface area (Å²) < 4.78 is 40.2. The van der Waals surface area contributed by atoms with Gasteiger partial charge in [-0.25, -0.2) is 9.97 Å². The van der Waals surface area contributed by atoms with Crippen molar-refractivity contribution in [1.82, 2.24) is 29.6 Å². The van der Waals surface area contributed by atoms with E-state index in [2.05, 4.69) is 30.3 Å². The van der Waals surface area contributed by atoms with E-state index in [0.717, 1.165) is 18.0 Å². The van der Waals surface area contributed by atoms with E-state index in [1.807, 2.05) is 0 Å². The average molecular weight is 510 g/mol. The molecule has 0 spiro atoms. The highest BCUT2D eigenvalue weighted by Gasteiger charge is 2.33. The Kier molecular flexibility index (Phi) is 6.42. The number of anilines is 2. The predicted octanol–water partition coefficient (Wildman–Crippen LogP) is 2.84. The molecule has 0 bridgehead atoms. The van der Waals surface area contributed by atoms with Gasteiger partial charge in [0.25, 0.3) is 5.91 Å². The van der Waals surface area contributed by atoms with Gasteiger partial charge in [-0.05, 0) is 30.3 Å². The molecule has 1 N–H and O–H groups in total. The molecule has 13 heteroatoms. The quantitative estimate of drug-likeness (QED) is 0.440. The first-order valence-corrected chi connectivity index (χ1v) is 11.4. The highest BCUT2D eigenvalue weighted by molar-refractivity contribution is 6.03. The number of aromatic nitrogens is 5. The van der Waals surface area contributed by atoms with Gasteiger partial charge in [0.15, 0.2) is 0 Å². The first-order chi connectivity index (χ1) is 17.8. The van der Waals surface area contributed by atoms with Crippen LogP contribution in [0.15, 0.2) is 61.2 Å². The molecule has 0 unspecified atom stereocenters. The van der Waals surface area contributed by atoms with Crippen LogP contribution in [-0.2, 0) is 17.5 Å². The maximum atomic E-state index is 12.9. The van der Waals surface area contributed by atoms with Crippen molar-refractivity contribution >= 4 is 34.2 Å². The van der Waals surface area contributed by atoms with E-state index in [-0.39, 0.29) is 18.1 Å². The molecule has 4 heterocycles. The smallest absolute Gasteiger partial charge is 0.352 e. The van der Waals surface area contributed by atoms with Gasteiger partial charge in [-0.1, -0.05) is 6.07 Å². The van der Waals surface area contributed by atoms with E-state index >= 15 is 0 Å². The number of hydrogen-bond acceptors (Lipinski definition) is 7. The molecule has 1 aliphatic rings. The molecular formula is C24H21F3N8O2. The van der Waals surface area contributed by atoms with E-state index in [1.54, 1.807) is 47.9 Å². The molecule has 10 nitrogen and oxygen atoms in total. The SMILES string of the molecule is O=C(Nc1ccc2nn(CC(=O)N3CCN(c4cnccn4)CC3)cc2c1)c1cccc(C(F)(F)F)n1. The van der Waals surface area contributed by atoms with Gasteiger partial charge in [-0.15, -0.1) is 0 Å². The highest BCUT2D eigenvalue weighted by atomic mass is 19.4. The van der Waals surface area contributed by atoms with Gasteiger partial charge in [0, 0.05) is 55.8 Å². The van der Waals surface area contributed by atoms with Gasteiger partial charge in [0.1, 0.15) is 23.8 Å². The van der Waals surface area contributed by atoms with E-state index in [1.165, 1.54) is 10.7 Å². The molecule has 5 rings (SSSR count). The van der Waals surface area contributed by atoms with E-state index in [9.17, 15) is 22.8 Å². The second-order valence-electron chi connectivity index (χ2n) is 8.39. The zero-order chi connectivity index (χ0) is 26.0. The van der Waals surface area contributed by atoms with Gasteiger partial charge in [0.2, 0.25) is 5.91 Å². The van der Waals surface area contributed by atoms with Crippen molar-refractivity contribution in [2.75, 3.05) is 36.4 Å². The zero-order valence-electron chi connectivity index (χ0n) is 19.4. The second-order valence-corrected chi connectivity index (χ2v) is 8.39. The maximum Gasteiger partial charge on any atom is 0.433 e. The maximum absolute atomic E-state index is 12.9. The minimum absolute atomic E-state index is 0.0513. The Hall–Kier alpha value is -4.55. The molecule has 4 aromatic rings. The molecule has 1 saturated heterocycles. The van der Waals surface area contributed by atoms with Crippen LogP contribution in [0.3, 0.4) is 0 Å². The van der Waals surface area contributed by atoms with Crippen molar-refractivity contribution in [1.29, 1.82) is 0 Å². The van der Waals surface area contributed by atoms with Crippen LogP contribution in [0.2, 0.25) is 0 Å². The monoisotopic (exact) mass is 510 g/mol. The number of fused-ring (bicyclic) bond motifs is 1. The molecule has 190 valence electrons. The van der Waals surface area contributed by atoms with Crippen molar-refractivity contribution in [2.24, 2.45) is 0 Å². The van der Waals surface area contributed by atoms with Crippen LogP contribution < -0.4 is 10.2 Å². The number of piperazine rings is 1. The summed E-state index contributed by atoms with van der Waals surface area (Å²) in [6, 6.07) is 8.01. The zero-order valence-corrected chi connectivity index (χ0v) is 19.4. The van der Waals surface area contributed by atoms with Gasteiger partial charge >= 0.3 is 6.18 Å². The minimum Gasteiger partial charge on any atom is -0.352 e. The Balaban J connectivity index is 1.21. The summed E-state index contributed by atoms with van der Waals surface area (Å²) in [6.07, 6.45) is 1.97. The minimum atomic E-state index is -4.65. The van der Waals surface area contributed by atoms with Crippen LogP contribution in [0.5, 0.6) is 0 Å². The summed E-state index contributed by atoms with van der Waals surface area (Å²) in [5.41, 5.74) is -0.523. The summed E-state index contributed by atoms with van der Waals surface area (Å²) in [7, 11) is 0. The van der Waals surface area contributed by atoms with Crippen LogP contribution in [0.1, 0.15) is 16.2 Å². The summed E-state index contributed by atoms with van der Waals surface area (Å²) in [4.78, 5) is 40.9. The molecule has 2 amide bonds. The third-order valence-electron chi connectivity index (χ3n) is 5.89. The van der Waals surface area contributed by atoms with Crippen molar-refractivity contribution in [2.45, 2.75) is 12.7 Å². The van der Waals surface area contributed by atoms with Gasteiger partial charge in [-0.2, -0.15) is 18.3 Å². The lowest BCUT2D eigenvalue weighted by atomic mass is 10.2. The van der Waals surface area contributed by atoms with Crippen LogP contribution in [0.4, 0.5) is 24.7 Å². The van der Waals surface area contributed by atoms with Crippen LogP contribution >= 0.6 is 0 Å². The van der Waals surface area contributed by atoms with Crippen LogP contribution in [0.25, 0.3) is 10.9 Å². The fourth-order valence-corrected chi connectivity index (χ4v) is 4.03. The van der Waals surface area contributed by atoms with Crippen molar-refractivity contribution in [3.63, 3.8) is 0 Å².